The summed E-state index contributed by atoms with van der Waals surface area (Å²) in [6, 6.07) is 7.35. The zero-order valence-electron chi connectivity index (χ0n) is 13.7. The first-order valence-corrected chi connectivity index (χ1v) is 8.38. The van der Waals surface area contributed by atoms with E-state index in [1.165, 1.54) is 0 Å². The SMILES string of the molecule is O=C(CNc1cccnc1)N1CCCC2(C1)C(=O)Nc1cccnc12. The largest absolute Gasteiger partial charge is 0.375 e. The van der Waals surface area contributed by atoms with Gasteiger partial charge in [-0.25, -0.2) is 0 Å². The van der Waals surface area contributed by atoms with Crippen molar-refractivity contribution in [1.29, 1.82) is 0 Å². The normalized spacial score (nSPS) is 21.8. The summed E-state index contributed by atoms with van der Waals surface area (Å²) in [4.78, 5) is 35.5. The van der Waals surface area contributed by atoms with Crippen LogP contribution in [0.4, 0.5) is 11.4 Å². The molecule has 7 nitrogen and oxygen atoms in total. The fraction of sp³-hybridized carbons (Fsp3) is 0.333. The van der Waals surface area contributed by atoms with E-state index in [1.807, 2.05) is 24.3 Å². The average molecular weight is 337 g/mol. The maximum Gasteiger partial charge on any atom is 0.241 e. The maximum absolute atomic E-state index is 12.6. The van der Waals surface area contributed by atoms with Gasteiger partial charge in [-0.1, -0.05) is 0 Å². The first-order chi connectivity index (χ1) is 12.2. The lowest BCUT2D eigenvalue weighted by Gasteiger charge is -2.38. The van der Waals surface area contributed by atoms with Crippen LogP contribution in [0, 0.1) is 0 Å². The third-order valence-electron chi connectivity index (χ3n) is 4.89. The predicted molar refractivity (Wildman–Crippen MR) is 93.1 cm³/mol. The number of carbonyl (C=O) groups excluding carboxylic acids is 2. The van der Waals surface area contributed by atoms with Gasteiger partial charge in [-0.05, 0) is 37.1 Å². The number of likely N-dealkylation sites (tertiary alicyclic amines) is 1. The van der Waals surface area contributed by atoms with Crippen molar-refractivity contribution in [2.45, 2.75) is 18.3 Å². The van der Waals surface area contributed by atoms with Crippen molar-refractivity contribution in [3.05, 3.63) is 48.5 Å². The summed E-state index contributed by atoms with van der Waals surface area (Å²) in [6.07, 6.45) is 6.55. The highest BCUT2D eigenvalue weighted by Gasteiger charge is 2.51. The summed E-state index contributed by atoms with van der Waals surface area (Å²) in [6.45, 7) is 1.21. The van der Waals surface area contributed by atoms with Gasteiger partial charge in [0.1, 0.15) is 5.41 Å². The number of aromatic nitrogens is 2. The van der Waals surface area contributed by atoms with E-state index in [0.717, 1.165) is 23.5 Å². The number of carbonyl (C=O) groups is 2. The third-order valence-corrected chi connectivity index (χ3v) is 4.89. The fourth-order valence-corrected chi connectivity index (χ4v) is 3.64. The number of nitrogens with zero attached hydrogens (tertiary/aromatic N) is 3. The minimum atomic E-state index is -0.723. The van der Waals surface area contributed by atoms with E-state index in [9.17, 15) is 9.59 Å². The highest BCUT2D eigenvalue weighted by Crippen LogP contribution is 2.42. The van der Waals surface area contributed by atoms with Crippen LogP contribution in [0.15, 0.2) is 42.9 Å². The van der Waals surface area contributed by atoms with Gasteiger partial charge in [-0.2, -0.15) is 0 Å². The molecular weight excluding hydrogens is 318 g/mol. The molecule has 4 heterocycles. The number of anilines is 2. The van der Waals surface area contributed by atoms with Crippen molar-refractivity contribution in [2.75, 3.05) is 30.3 Å². The van der Waals surface area contributed by atoms with Crippen LogP contribution in [0.25, 0.3) is 0 Å². The summed E-state index contributed by atoms with van der Waals surface area (Å²) in [5.74, 6) is -0.0842. The van der Waals surface area contributed by atoms with Crippen LogP contribution >= 0.6 is 0 Å². The smallest absolute Gasteiger partial charge is 0.241 e. The second-order valence-corrected chi connectivity index (χ2v) is 6.45. The van der Waals surface area contributed by atoms with Crippen molar-refractivity contribution in [1.82, 2.24) is 14.9 Å². The molecular formula is C18H19N5O2. The highest BCUT2D eigenvalue weighted by atomic mass is 16.2. The van der Waals surface area contributed by atoms with Gasteiger partial charge < -0.3 is 15.5 Å². The molecule has 1 atom stereocenters. The number of hydrogen-bond donors (Lipinski definition) is 2. The van der Waals surface area contributed by atoms with Crippen LogP contribution in [0.1, 0.15) is 18.5 Å². The standard InChI is InChI=1S/C18H19N5O2/c24-15(11-21-13-4-1-7-19-10-13)23-9-3-6-18(12-23)16-14(22-17(18)25)5-2-8-20-16/h1-2,4-5,7-8,10,21H,3,6,9,11-12H2,(H,22,25). The van der Waals surface area contributed by atoms with E-state index in [2.05, 4.69) is 20.6 Å². The molecule has 25 heavy (non-hydrogen) atoms. The summed E-state index contributed by atoms with van der Waals surface area (Å²) in [7, 11) is 0. The minimum absolute atomic E-state index is 0.0277. The number of fused-ring (bicyclic) bond motifs is 2. The summed E-state index contributed by atoms with van der Waals surface area (Å²) in [5.41, 5.74) is 1.60. The Bertz CT molecular complexity index is 810. The molecule has 128 valence electrons. The van der Waals surface area contributed by atoms with Gasteiger partial charge in [-0.15, -0.1) is 0 Å². The molecule has 2 amide bonds. The van der Waals surface area contributed by atoms with Gasteiger partial charge >= 0.3 is 0 Å². The number of rotatable bonds is 3. The van der Waals surface area contributed by atoms with E-state index in [4.69, 9.17) is 0 Å². The van der Waals surface area contributed by atoms with Crippen molar-refractivity contribution in [2.24, 2.45) is 0 Å². The van der Waals surface area contributed by atoms with E-state index in [-0.39, 0.29) is 18.4 Å². The monoisotopic (exact) mass is 337 g/mol. The van der Waals surface area contributed by atoms with Crippen LogP contribution in [-0.2, 0) is 15.0 Å². The molecule has 7 heteroatoms. The Labute approximate surface area is 145 Å². The Morgan fingerprint density at radius 3 is 3.04 bits per heavy atom. The lowest BCUT2D eigenvalue weighted by atomic mass is 9.77. The summed E-state index contributed by atoms with van der Waals surface area (Å²) in [5, 5.41) is 5.99. The minimum Gasteiger partial charge on any atom is -0.375 e. The van der Waals surface area contributed by atoms with Crippen molar-refractivity contribution in [3.8, 4) is 0 Å². The molecule has 2 aromatic rings. The van der Waals surface area contributed by atoms with Gasteiger partial charge in [0.25, 0.3) is 0 Å². The Morgan fingerprint density at radius 2 is 2.20 bits per heavy atom. The number of piperidine rings is 1. The topological polar surface area (TPSA) is 87.2 Å². The van der Waals surface area contributed by atoms with Crippen LogP contribution in [0.5, 0.6) is 0 Å². The van der Waals surface area contributed by atoms with Crippen molar-refractivity contribution >= 4 is 23.2 Å². The molecule has 1 spiro atoms. The van der Waals surface area contributed by atoms with Gasteiger partial charge in [-0.3, -0.25) is 19.6 Å². The first kappa shape index (κ1) is 15.6. The highest BCUT2D eigenvalue weighted by molar-refractivity contribution is 6.06. The van der Waals surface area contributed by atoms with Crippen molar-refractivity contribution < 1.29 is 9.59 Å². The first-order valence-electron chi connectivity index (χ1n) is 8.38. The number of amides is 2. The molecule has 0 aliphatic carbocycles. The number of nitrogens with one attached hydrogen (secondary N) is 2. The number of pyridine rings is 2. The molecule has 0 radical (unpaired) electrons. The lowest BCUT2D eigenvalue weighted by Crippen LogP contribution is -2.53. The third kappa shape index (κ3) is 2.71. The van der Waals surface area contributed by atoms with E-state index >= 15 is 0 Å². The van der Waals surface area contributed by atoms with E-state index in [1.54, 1.807) is 23.5 Å². The Morgan fingerprint density at radius 1 is 1.32 bits per heavy atom. The van der Waals surface area contributed by atoms with Gasteiger partial charge in [0.2, 0.25) is 11.8 Å². The molecule has 2 aromatic heterocycles. The molecule has 1 fully saturated rings. The van der Waals surface area contributed by atoms with E-state index < -0.39 is 5.41 Å². The molecule has 0 aromatic carbocycles. The van der Waals surface area contributed by atoms with Crippen LogP contribution in [0.2, 0.25) is 0 Å². The lowest BCUT2D eigenvalue weighted by molar-refractivity contribution is -0.133. The van der Waals surface area contributed by atoms with E-state index in [0.29, 0.717) is 19.5 Å². The number of hydrogen-bond acceptors (Lipinski definition) is 5. The van der Waals surface area contributed by atoms with Crippen molar-refractivity contribution in [3.63, 3.8) is 0 Å². The Balaban J connectivity index is 1.50. The van der Waals surface area contributed by atoms with Crippen LogP contribution < -0.4 is 10.6 Å². The zero-order chi connectivity index (χ0) is 17.3. The molecule has 2 aliphatic heterocycles. The summed E-state index contributed by atoms with van der Waals surface area (Å²) >= 11 is 0. The molecule has 0 bridgehead atoms. The second kappa shape index (κ2) is 6.16. The average Bonchev–Trinajstić information content (AvgIpc) is 2.92. The summed E-state index contributed by atoms with van der Waals surface area (Å²) < 4.78 is 0. The Kier molecular flexibility index (Phi) is 3.83. The van der Waals surface area contributed by atoms with Crippen LogP contribution in [0.3, 0.4) is 0 Å². The Hall–Kier alpha value is -2.96. The molecule has 1 saturated heterocycles. The molecule has 1 unspecified atom stereocenters. The van der Waals surface area contributed by atoms with Crippen LogP contribution in [-0.4, -0.2) is 46.3 Å². The molecule has 2 aliphatic rings. The second-order valence-electron chi connectivity index (χ2n) is 6.45. The molecule has 2 N–H and O–H groups in total. The van der Waals surface area contributed by atoms with Gasteiger partial charge in [0.15, 0.2) is 0 Å². The molecule has 4 rings (SSSR count). The molecule has 0 saturated carbocycles. The maximum atomic E-state index is 12.6. The fourth-order valence-electron chi connectivity index (χ4n) is 3.64. The predicted octanol–water partition coefficient (Wildman–Crippen LogP) is 1.40. The van der Waals surface area contributed by atoms with Gasteiger partial charge in [0, 0.05) is 31.7 Å². The quantitative estimate of drug-likeness (QED) is 0.884. The van der Waals surface area contributed by atoms with Gasteiger partial charge in [0.05, 0.1) is 23.6 Å². The zero-order valence-corrected chi connectivity index (χ0v) is 13.7.